The number of amides is 1. The van der Waals surface area contributed by atoms with E-state index in [9.17, 15) is 4.79 Å². The van der Waals surface area contributed by atoms with Crippen molar-refractivity contribution < 1.29 is 14.6 Å². The molecule has 0 atom stereocenters. The van der Waals surface area contributed by atoms with Crippen LogP contribution in [0.5, 0.6) is 5.75 Å². The summed E-state index contributed by atoms with van der Waals surface area (Å²) in [4.78, 5) is 10.2. The number of halogens is 1. The van der Waals surface area contributed by atoms with E-state index in [2.05, 4.69) is 5.32 Å². The third kappa shape index (κ3) is 2.52. The monoisotopic (exact) mass is 201 g/mol. The highest BCUT2D eigenvalue weighted by atomic mass is 35.5. The zero-order chi connectivity index (χ0) is 9.84. The Kier molecular flexibility index (Phi) is 2.97. The highest BCUT2D eigenvalue weighted by Crippen LogP contribution is 2.26. The molecule has 1 rings (SSSR count). The number of nitrogens with one attached hydrogen (secondary N) is 1. The fraction of sp³-hybridized carbons (Fsp3) is 0.125. The second kappa shape index (κ2) is 4.00. The Balaban J connectivity index is 2.89. The first kappa shape index (κ1) is 9.67. The topological polar surface area (TPSA) is 58.6 Å². The molecule has 1 aromatic carbocycles. The van der Waals surface area contributed by atoms with Crippen molar-refractivity contribution in [1.82, 2.24) is 0 Å². The van der Waals surface area contributed by atoms with Crippen molar-refractivity contribution in [3.63, 3.8) is 0 Å². The number of methoxy groups -OCH3 is 1. The lowest BCUT2D eigenvalue weighted by Crippen LogP contribution is -2.06. The summed E-state index contributed by atoms with van der Waals surface area (Å²) in [7, 11) is 1.49. The summed E-state index contributed by atoms with van der Waals surface area (Å²) >= 11 is 5.76. The molecule has 0 aliphatic heterocycles. The van der Waals surface area contributed by atoms with Crippen molar-refractivity contribution >= 4 is 23.4 Å². The molecule has 1 aromatic rings. The van der Waals surface area contributed by atoms with Crippen LogP contribution in [-0.4, -0.2) is 18.3 Å². The largest absolute Gasteiger partial charge is 0.495 e. The maximum atomic E-state index is 10.2. The molecule has 0 bridgehead atoms. The van der Waals surface area contributed by atoms with Crippen LogP contribution in [0.15, 0.2) is 18.2 Å². The molecule has 13 heavy (non-hydrogen) atoms. The fourth-order valence-corrected chi connectivity index (χ4v) is 1.13. The van der Waals surface area contributed by atoms with Crippen molar-refractivity contribution in [3.05, 3.63) is 23.2 Å². The maximum absolute atomic E-state index is 10.2. The second-order valence-electron chi connectivity index (χ2n) is 2.28. The Hall–Kier alpha value is -1.42. The van der Waals surface area contributed by atoms with Gasteiger partial charge in [0.1, 0.15) is 5.75 Å². The lowest BCUT2D eigenvalue weighted by Gasteiger charge is -2.05. The van der Waals surface area contributed by atoms with Gasteiger partial charge in [0, 0.05) is 5.69 Å². The summed E-state index contributed by atoms with van der Waals surface area (Å²) in [6.45, 7) is 0. The van der Waals surface area contributed by atoms with Gasteiger partial charge in [-0.2, -0.15) is 0 Å². The molecular weight excluding hydrogens is 194 g/mol. The van der Waals surface area contributed by atoms with E-state index in [-0.39, 0.29) is 0 Å². The molecule has 70 valence electrons. The Morgan fingerprint density at radius 3 is 2.77 bits per heavy atom. The molecule has 0 saturated carbocycles. The summed E-state index contributed by atoms with van der Waals surface area (Å²) in [5, 5.41) is 10.9. The standard InChI is InChI=1S/C8H8ClNO3/c1-13-7-3-2-5(4-6(7)9)10-8(11)12/h2-4,10H,1H3,(H,11,12). The smallest absolute Gasteiger partial charge is 0.409 e. The normalized spacial score (nSPS) is 9.38. The number of hydrogen-bond acceptors (Lipinski definition) is 2. The van der Waals surface area contributed by atoms with Crippen LogP contribution in [0, 0.1) is 0 Å². The van der Waals surface area contributed by atoms with Crippen molar-refractivity contribution in [2.24, 2.45) is 0 Å². The van der Waals surface area contributed by atoms with Crippen molar-refractivity contribution in [1.29, 1.82) is 0 Å². The number of ether oxygens (including phenoxy) is 1. The van der Waals surface area contributed by atoms with Gasteiger partial charge in [-0.05, 0) is 18.2 Å². The molecule has 0 unspecified atom stereocenters. The average Bonchev–Trinajstić information content (AvgIpc) is 2.03. The first-order chi connectivity index (χ1) is 6.13. The summed E-state index contributed by atoms with van der Waals surface area (Å²) in [6, 6.07) is 4.64. The summed E-state index contributed by atoms with van der Waals surface area (Å²) in [5.41, 5.74) is 0.415. The molecule has 0 fully saturated rings. The van der Waals surface area contributed by atoms with Gasteiger partial charge >= 0.3 is 6.09 Å². The molecule has 4 nitrogen and oxygen atoms in total. The van der Waals surface area contributed by atoms with E-state index >= 15 is 0 Å². The molecule has 0 heterocycles. The van der Waals surface area contributed by atoms with Gasteiger partial charge in [-0.25, -0.2) is 4.79 Å². The number of rotatable bonds is 2. The molecule has 2 N–H and O–H groups in total. The fourth-order valence-electron chi connectivity index (χ4n) is 0.868. The van der Waals surface area contributed by atoms with Crippen LogP contribution >= 0.6 is 11.6 Å². The quantitative estimate of drug-likeness (QED) is 0.773. The number of benzene rings is 1. The molecule has 0 aliphatic carbocycles. The molecule has 0 spiro atoms. The average molecular weight is 202 g/mol. The Morgan fingerprint density at radius 1 is 1.62 bits per heavy atom. The molecule has 1 amide bonds. The van der Waals surface area contributed by atoms with E-state index in [0.29, 0.717) is 16.5 Å². The summed E-state index contributed by atoms with van der Waals surface area (Å²) in [5.74, 6) is 0.512. The van der Waals surface area contributed by atoms with Crippen molar-refractivity contribution in [2.75, 3.05) is 12.4 Å². The minimum Gasteiger partial charge on any atom is -0.495 e. The molecule has 5 heteroatoms. The number of hydrogen-bond donors (Lipinski definition) is 2. The van der Waals surface area contributed by atoms with Crippen LogP contribution in [0.4, 0.5) is 10.5 Å². The van der Waals surface area contributed by atoms with Gasteiger partial charge in [-0.1, -0.05) is 11.6 Å². The van der Waals surface area contributed by atoms with E-state index in [1.807, 2.05) is 0 Å². The number of carboxylic acid groups (broad SMARTS) is 1. The highest BCUT2D eigenvalue weighted by molar-refractivity contribution is 6.32. The Bertz CT molecular complexity index is 327. The minimum atomic E-state index is -1.12. The maximum Gasteiger partial charge on any atom is 0.409 e. The van der Waals surface area contributed by atoms with Crippen molar-refractivity contribution in [3.8, 4) is 5.75 Å². The van der Waals surface area contributed by atoms with Gasteiger partial charge in [0.15, 0.2) is 0 Å². The minimum absolute atomic E-state index is 0.369. The number of carbonyl (C=O) groups is 1. The lowest BCUT2D eigenvalue weighted by atomic mass is 10.3. The predicted molar refractivity (Wildman–Crippen MR) is 49.7 cm³/mol. The van der Waals surface area contributed by atoms with Gasteiger partial charge < -0.3 is 9.84 Å². The van der Waals surface area contributed by atoms with Crippen LogP contribution < -0.4 is 10.1 Å². The molecule has 0 saturated heterocycles. The third-order valence-electron chi connectivity index (χ3n) is 1.40. The van der Waals surface area contributed by atoms with Gasteiger partial charge in [-0.3, -0.25) is 5.32 Å². The Morgan fingerprint density at radius 2 is 2.31 bits per heavy atom. The van der Waals surface area contributed by atoms with Crippen LogP contribution in [-0.2, 0) is 0 Å². The lowest BCUT2D eigenvalue weighted by molar-refractivity contribution is 0.209. The van der Waals surface area contributed by atoms with Crippen LogP contribution in [0.1, 0.15) is 0 Å². The van der Waals surface area contributed by atoms with E-state index < -0.39 is 6.09 Å². The van der Waals surface area contributed by atoms with Gasteiger partial charge in [0.05, 0.1) is 12.1 Å². The number of anilines is 1. The molecular formula is C8H8ClNO3. The van der Waals surface area contributed by atoms with Crippen LogP contribution in [0.25, 0.3) is 0 Å². The molecule has 0 aromatic heterocycles. The van der Waals surface area contributed by atoms with E-state index in [1.165, 1.54) is 13.2 Å². The van der Waals surface area contributed by atoms with Crippen LogP contribution in [0.2, 0.25) is 5.02 Å². The van der Waals surface area contributed by atoms with E-state index in [1.54, 1.807) is 12.1 Å². The van der Waals surface area contributed by atoms with Crippen LogP contribution in [0.3, 0.4) is 0 Å². The predicted octanol–water partition coefficient (Wildman–Crippen LogP) is 2.44. The highest BCUT2D eigenvalue weighted by Gasteiger charge is 2.03. The summed E-state index contributed by atoms with van der Waals surface area (Å²) in [6.07, 6.45) is -1.12. The van der Waals surface area contributed by atoms with Gasteiger partial charge in [0.25, 0.3) is 0 Å². The first-order valence-corrected chi connectivity index (χ1v) is 3.85. The van der Waals surface area contributed by atoms with Gasteiger partial charge in [-0.15, -0.1) is 0 Å². The SMILES string of the molecule is COc1ccc(NC(=O)O)cc1Cl. The second-order valence-corrected chi connectivity index (χ2v) is 2.69. The third-order valence-corrected chi connectivity index (χ3v) is 1.70. The zero-order valence-electron chi connectivity index (χ0n) is 6.87. The Labute approximate surface area is 80.1 Å². The van der Waals surface area contributed by atoms with Gasteiger partial charge in [0.2, 0.25) is 0 Å². The van der Waals surface area contributed by atoms with E-state index in [4.69, 9.17) is 21.4 Å². The molecule has 0 radical (unpaired) electrons. The molecule has 0 aliphatic rings. The van der Waals surface area contributed by atoms with Crippen molar-refractivity contribution in [2.45, 2.75) is 0 Å². The zero-order valence-corrected chi connectivity index (χ0v) is 7.63. The van der Waals surface area contributed by atoms with E-state index in [0.717, 1.165) is 0 Å². The summed E-state index contributed by atoms with van der Waals surface area (Å²) < 4.78 is 4.90. The first-order valence-electron chi connectivity index (χ1n) is 3.47.